The maximum absolute atomic E-state index is 12.0. The first-order valence-corrected chi connectivity index (χ1v) is 8.38. The van der Waals surface area contributed by atoms with Crippen molar-refractivity contribution in [1.29, 1.82) is 0 Å². The first-order valence-electron chi connectivity index (χ1n) is 8.38. The lowest BCUT2D eigenvalue weighted by atomic mass is 9.83. The molecule has 134 valence electrons. The highest BCUT2D eigenvalue weighted by Crippen LogP contribution is 2.29. The fourth-order valence-corrected chi connectivity index (χ4v) is 2.69. The molecule has 1 heterocycles. The molecule has 23 heavy (non-hydrogen) atoms. The van der Waals surface area contributed by atoms with E-state index < -0.39 is 5.60 Å². The fraction of sp³-hybridized carbons (Fsp3) is 0.875. The molecule has 1 aliphatic heterocycles. The molecular weight excluding hydrogens is 407 g/mol. The lowest BCUT2D eigenvalue weighted by molar-refractivity contribution is 0.0186. The van der Waals surface area contributed by atoms with Gasteiger partial charge in [0.1, 0.15) is 5.60 Å². The van der Waals surface area contributed by atoms with E-state index in [2.05, 4.69) is 9.89 Å². The van der Waals surface area contributed by atoms with Gasteiger partial charge in [0.2, 0.25) is 0 Å². The largest absolute Gasteiger partial charge is 0.444 e. The highest BCUT2D eigenvalue weighted by atomic mass is 127. The number of nitrogens with two attached hydrogens (primary N) is 1. The smallest absolute Gasteiger partial charge is 0.410 e. The van der Waals surface area contributed by atoms with Crippen molar-refractivity contribution in [2.45, 2.75) is 52.1 Å². The Morgan fingerprint density at radius 2 is 1.74 bits per heavy atom. The molecule has 1 amide bonds. The number of carbonyl (C=O) groups excluding carboxylic acids is 1. The highest BCUT2D eigenvalue weighted by Gasteiger charge is 2.26. The molecule has 1 saturated heterocycles. The van der Waals surface area contributed by atoms with Crippen LogP contribution < -0.4 is 5.73 Å². The minimum atomic E-state index is -0.448. The second kappa shape index (κ2) is 8.94. The summed E-state index contributed by atoms with van der Waals surface area (Å²) in [4.78, 5) is 20.3. The minimum Gasteiger partial charge on any atom is -0.444 e. The molecule has 1 aliphatic carbocycles. The van der Waals surface area contributed by atoms with E-state index in [0.29, 0.717) is 19.0 Å². The van der Waals surface area contributed by atoms with Crippen LogP contribution in [0.4, 0.5) is 4.79 Å². The summed E-state index contributed by atoms with van der Waals surface area (Å²) in [5.74, 6) is 1.48. The van der Waals surface area contributed by atoms with Crippen LogP contribution >= 0.6 is 24.0 Å². The molecule has 0 bridgehead atoms. The summed E-state index contributed by atoms with van der Waals surface area (Å²) in [6.07, 6.45) is 4.98. The zero-order valence-corrected chi connectivity index (χ0v) is 16.9. The highest BCUT2D eigenvalue weighted by molar-refractivity contribution is 14.0. The summed E-state index contributed by atoms with van der Waals surface area (Å²) >= 11 is 0. The number of amides is 1. The lowest BCUT2D eigenvalue weighted by Crippen LogP contribution is -2.53. The predicted octanol–water partition coefficient (Wildman–Crippen LogP) is 2.66. The van der Waals surface area contributed by atoms with Crippen molar-refractivity contribution in [1.82, 2.24) is 9.80 Å². The Morgan fingerprint density at radius 3 is 2.22 bits per heavy atom. The summed E-state index contributed by atoms with van der Waals surface area (Å²) in [7, 11) is 0. The number of ether oxygens (including phenoxy) is 1. The third-order valence-corrected chi connectivity index (χ3v) is 4.29. The Morgan fingerprint density at radius 1 is 1.17 bits per heavy atom. The second-order valence-corrected chi connectivity index (χ2v) is 7.28. The summed E-state index contributed by atoms with van der Waals surface area (Å²) in [5.41, 5.74) is 5.61. The third kappa shape index (κ3) is 6.73. The summed E-state index contributed by atoms with van der Waals surface area (Å²) in [5, 5.41) is 0. The first kappa shape index (κ1) is 20.3. The second-order valence-electron chi connectivity index (χ2n) is 7.28. The maximum atomic E-state index is 12.0. The molecule has 0 aromatic carbocycles. The van der Waals surface area contributed by atoms with Gasteiger partial charge in [0.05, 0.1) is 0 Å². The Kier molecular flexibility index (Phi) is 7.89. The van der Waals surface area contributed by atoms with Crippen LogP contribution in [0.3, 0.4) is 0 Å². The number of hydrogen-bond donors (Lipinski definition) is 1. The van der Waals surface area contributed by atoms with Gasteiger partial charge in [-0.1, -0.05) is 19.3 Å². The van der Waals surface area contributed by atoms with Crippen LogP contribution in [0.2, 0.25) is 0 Å². The van der Waals surface area contributed by atoms with Crippen molar-refractivity contribution in [3.8, 4) is 0 Å². The lowest BCUT2D eigenvalue weighted by Gasteiger charge is -2.36. The number of aliphatic imine (C=N–C) groups is 1. The fourth-order valence-electron chi connectivity index (χ4n) is 2.69. The quantitative estimate of drug-likeness (QED) is 0.418. The van der Waals surface area contributed by atoms with Gasteiger partial charge in [0, 0.05) is 32.7 Å². The Bertz CT molecular complexity index is 411. The van der Waals surface area contributed by atoms with E-state index in [1.807, 2.05) is 20.8 Å². The average Bonchev–Trinajstić information content (AvgIpc) is 2.39. The van der Waals surface area contributed by atoms with Gasteiger partial charge in [-0.2, -0.15) is 0 Å². The SMILES string of the molecule is CC(C)(C)OC(=O)N1CCN(C(N)=NCCC2CCC2)CC1.I. The van der Waals surface area contributed by atoms with E-state index in [1.165, 1.54) is 19.3 Å². The molecule has 2 rings (SSSR count). The number of carbonyl (C=O) groups is 1. The number of piperazine rings is 1. The minimum absolute atomic E-state index is 0. The van der Waals surface area contributed by atoms with Gasteiger partial charge in [-0.15, -0.1) is 24.0 Å². The molecule has 0 aromatic heterocycles. The molecule has 0 unspecified atom stereocenters. The van der Waals surface area contributed by atoms with Gasteiger partial charge in [-0.3, -0.25) is 4.99 Å². The van der Waals surface area contributed by atoms with E-state index in [1.54, 1.807) is 4.90 Å². The molecule has 0 radical (unpaired) electrons. The Hall–Kier alpha value is -0.730. The van der Waals surface area contributed by atoms with E-state index in [4.69, 9.17) is 10.5 Å². The molecule has 0 atom stereocenters. The van der Waals surface area contributed by atoms with E-state index in [-0.39, 0.29) is 30.1 Å². The topological polar surface area (TPSA) is 71.2 Å². The molecule has 0 aromatic rings. The van der Waals surface area contributed by atoms with Crippen LogP contribution in [-0.2, 0) is 4.74 Å². The zero-order valence-electron chi connectivity index (χ0n) is 14.6. The van der Waals surface area contributed by atoms with Crippen LogP contribution in [0.1, 0.15) is 46.5 Å². The van der Waals surface area contributed by atoms with Crippen molar-refractivity contribution < 1.29 is 9.53 Å². The van der Waals surface area contributed by atoms with Crippen molar-refractivity contribution in [2.24, 2.45) is 16.6 Å². The monoisotopic (exact) mass is 438 g/mol. The van der Waals surface area contributed by atoms with Crippen LogP contribution in [0, 0.1) is 5.92 Å². The number of nitrogens with zero attached hydrogens (tertiary/aromatic N) is 3. The van der Waals surface area contributed by atoms with Gasteiger partial charge in [-0.05, 0) is 33.1 Å². The third-order valence-electron chi connectivity index (χ3n) is 4.29. The molecule has 2 fully saturated rings. The molecule has 2 N–H and O–H groups in total. The molecule has 7 heteroatoms. The molecule has 0 spiro atoms. The molecule has 6 nitrogen and oxygen atoms in total. The molecule has 2 aliphatic rings. The van der Waals surface area contributed by atoms with Crippen molar-refractivity contribution >= 4 is 36.0 Å². The van der Waals surface area contributed by atoms with Gasteiger partial charge < -0.3 is 20.3 Å². The summed E-state index contributed by atoms with van der Waals surface area (Å²) in [6.45, 7) is 9.18. The van der Waals surface area contributed by atoms with Crippen LogP contribution in [0.5, 0.6) is 0 Å². The normalized spacial score (nSPS) is 19.9. The number of guanidine groups is 1. The van der Waals surface area contributed by atoms with Crippen molar-refractivity contribution in [3.63, 3.8) is 0 Å². The van der Waals surface area contributed by atoms with Crippen LogP contribution in [0.15, 0.2) is 4.99 Å². The van der Waals surface area contributed by atoms with E-state index in [0.717, 1.165) is 32.0 Å². The molecule has 1 saturated carbocycles. The van der Waals surface area contributed by atoms with Crippen molar-refractivity contribution in [3.05, 3.63) is 0 Å². The van der Waals surface area contributed by atoms with E-state index >= 15 is 0 Å². The number of rotatable bonds is 3. The first-order chi connectivity index (χ1) is 10.3. The van der Waals surface area contributed by atoms with E-state index in [9.17, 15) is 4.79 Å². The number of halogens is 1. The zero-order chi connectivity index (χ0) is 16.2. The van der Waals surface area contributed by atoms with Crippen LogP contribution in [-0.4, -0.2) is 60.2 Å². The maximum Gasteiger partial charge on any atom is 0.410 e. The number of hydrogen-bond acceptors (Lipinski definition) is 3. The van der Waals surface area contributed by atoms with Gasteiger partial charge >= 0.3 is 6.09 Å². The predicted molar refractivity (Wildman–Crippen MR) is 103 cm³/mol. The van der Waals surface area contributed by atoms with Gasteiger partial charge in [0.25, 0.3) is 0 Å². The Balaban J connectivity index is 0.00000264. The van der Waals surface area contributed by atoms with Crippen molar-refractivity contribution in [2.75, 3.05) is 32.7 Å². The average molecular weight is 438 g/mol. The Labute approximate surface area is 156 Å². The van der Waals surface area contributed by atoms with Gasteiger partial charge in [0.15, 0.2) is 5.96 Å². The standard InChI is InChI=1S/C16H30N4O2.HI/c1-16(2,3)22-15(21)20-11-9-19(10-12-20)14(17)18-8-7-13-5-4-6-13;/h13H,4-12H2,1-3H3,(H2,17,18);1H. The van der Waals surface area contributed by atoms with Gasteiger partial charge in [-0.25, -0.2) is 4.79 Å². The summed E-state index contributed by atoms with van der Waals surface area (Å²) in [6, 6.07) is 0. The van der Waals surface area contributed by atoms with Crippen LogP contribution in [0.25, 0.3) is 0 Å². The summed E-state index contributed by atoms with van der Waals surface area (Å²) < 4.78 is 5.39. The molecular formula is C16H31IN4O2.